The second-order valence-electron chi connectivity index (χ2n) is 28.9. The van der Waals surface area contributed by atoms with Gasteiger partial charge in [0, 0.05) is 44.9 Å². The van der Waals surface area contributed by atoms with Crippen LogP contribution in [0.3, 0.4) is 0 Å². The number of alkyl halides is 6. The van der Waals surface area contributed by atoms with Crippen molar-refractivity contribution in [1.82, 2.24) is 16.0 Å². The number of aliphatic hydroxyl groups is 3. The molecule has 3 aromatic carbocycles. The van der Waals surface area contributed by atoms with E-state index in [9.17, 15) is 56.0 Å². The van der Waals surface area contributed by atoms with Gasteiger partial charge in [-0.2, -0.15) is 26.3 Å². The lowest BCUT2D eigenvalue weighted by atomic mass is 9.81. The van der Waals surface area contributed by atoms with Gasteiger partial charge in [0.15, 0.2) is 0 Å². The lowest BCUT2D eigenvalue weighted by molar-refractivity contribution is -0.944. The van der Waals surface area contributed by atoms with Crippen LogP contribution < -0.4 is 47.9 Å². The first-order valence-corrected chi connectivity index (χ1v) is 41.8. The Kier molecular flexibility index (Phi) is 29.5. The summed E-state index contributed by atoms with van der Waals surface area (Å²) in [6.45, 7) is 13.6. The molecule has 594 valence electrons. The average molecular weight is 1710 g/mol. The molecule has 9 saturated heterocycles. The smallest absolute Gasteiger partial charge is 0.430 e. The Balaban J connectivity index is 0.000000162. The van der Waals surface area contributed by atoms with Gasteiger partial charge in [0.05, 0.1) is 119 Å². The van der Waals surface area contributed by atoms with E-state index in [4.69, 9.17) is 24.5 Å². The van der Waals surface area contributed by atoms with Gasteiger partial charge in [0.2, 0.25) is 16.8 Å². The van der Waals surface area contributed by atoms with Gasteiger partial charge in [0.1, 0.15) is 30.8 Å². The lowest BCUT2D eigenvalue weighted by Crippen LogP contribution is -3.00. The molecule has 3 amide bonds. The maximum absolute atomic E-state index is 13.6. The van der Waals surface area contributed by atoms with Crippen LogP contribution in [0.15, 0.2) is 202 Å². The number of aryl methyl sites for hydroxylation is 1. The van der Waals surface area contributed by atoms with Crippen molar-refractivity contribution in [2.45, 2.75) is 98.6 Å². The molecule has 9 aliphatic rings. The number of quaternary nitrogens is 3. The summed E-state index contributed by atoms with van der Waals surface area (Å²) >= 11 is 8.55. The van der Waals surface area contributed by atoms with Gasteiger partial charge >= 0.3 is 12.4 Å². The van der Waals surface area contributed by atoms with Gasteiger partial charge in [-0.05, 0) is 122 Å². The Labute approximate surface area is 675 Å². The first-order chi connectivity index (χ1) is 52.7. The van der Waals surface area contributed by atoms with E-state index >= 15 is 0 Å². The van der Waals surface area contributed by atoms with E-state index in [2.05, 4.69) is 82.7 Å². The van der Waals surface area contributed by atoms with Crippen LogP contribution in [0, 0.1) is 17.8 Å². The summed E-state index contributed by atoms with van der Waals surface area (Å²) in [6.07, 6.45) is 3.16. The summed E-state index contributed by atoms with van der Waals surface area (Å²) in [4.78, 5) is 62.2. The number of thiophene rings is 6. The fourth-order valence-corrected chi connectivity index (χ4v) is 21.3. The number of carbonyl (C=O) groups is 5. The van der Waals surface area contributed by atoms with Gasteiger partial charge in [0.25, 0.3) is 17.7 Å². The molecule has 0 radical (unpaired) electrons. The zero-order valence-corrected chi connectivity index (χ0v) is 67.1. The molecule has 111 heavy (non-hydrogen) atoms. The van der Waals surface area contributed by atoms with Crippen LogP contribution in [0.4, 0.5) is 26.3 Å². The monoisotopic (exact) mass is 1710 g/mol. The molecule has 9 fully saturated rings. The molecule has 0 spiro atoms. The van der Waals surface area contributed by atoms with Crippen LogP contribution >= 0.6 is 68.0 Å². The Morgan fingerprint density at radius 3 is 1.05 bits per heavy atom. The number of fused-ring (bicyclic) bond motifs is 9. The van der Waals surface area contributed by atoms with Gasteiger partial charge in [-0.15, -0.1) is 68.0 Å². The van der Waals surface area contributed by atoms with Crippen molar-refractivity contribution in [3.8, 4) is 5.75 Å². The normalized spacial score (nSPS) is 23.1. The second-order valence-corrected chi connectivity index (χ2v) is 34.6. The number of hydrogen-bond donors (Lipinski definition) is 6. The van der Waals surface area contributed by atoms with Crippen molar-refractivity contribution < 1.29 is 111 Å². The maximum atomic E-state index is 13.6. The topological polar surface area (TPSA) is 237 Å². The summed E-state index contributed by atoms with van der Waals surface area (Å²) in [7, 11) is 0. The summed E-state index contributed by atoms with van der Waals surface area (Å²) in [6, 6.07) is 53.8. The Morgan fingerprint density at radius 2 is 0.730 bits per heavy atom. The second kappa shape index (κ2) is 38.1. The van der Waals surface area contributed by atoms with Crippen molar-refractivity contribution in [1.29, 1.82) is 0 Å². The van der Waals surface area contributed by atoms with Crippen LogP contribution in [-0.2, 0) is 47.2 Å². The van der Waals surface area contributed by atoms with E-state index < -0.39 is 41.1 Å². The molecule has 6 bridgehead atoms. The standard InChI is InChI=1S/C26H30N2O2S2.C26H28N2O2S2.C25H28N2O3S2.2C2HF3O2.BrH/c2*29-25(26(30,23-10-5-17-31-23)24-11-6-18-32-24)27-22-19-28(15-12-21(22)13-16-28)14-4-9-20-7-2-1-3-8-20;28-24(25(29,22-8-4-16-31-22)23-9-5-17-32-23)26-21-18-27(12-10-19(21)11-13-27)14-15-30-20-6-2-1-3-7-20;2*3-2(4,5)1(6)7;/h1-3,5-8,10-11,17-18,21-22,30H,4,9,12-16,19H2;1-11,17-18,21-22,30H,12-16,19H2;1-9,16-17,19,21,29H,10-15,18H2;2*(H,6,7);1H/b;9-4+;;;;/t2*21?,22-,28?;19?,21-,27?;;;/m100.../s1. The van der Waals surface area contributed by atoms with Crippen LogP contribution in [0.25, 0.3) is 6.08 Å². The molecule has 17 nitrogen and oxygen atoms in total. The number of para-hydroxylation sites is 1. The first kappa shape index (κ1) is 86.0. The largest absolute Gasteiger partial charge is 1.00 e. The van der Waals surface area contributed by atoms with E-state index in [0.717, 1.165) is 130 Å². The molecule has 0 unspecified atom stereocenters. The number of carboxylic acids is 2. The predicted molar refractivity (Wildman–Crippen MR) is 412 cm³/mol. The van der Waals surface area contributed by atoms with Gasteiger partial charge in [-0.1, -0.05) is 121 Å². The zero-order valence-electron chi connectivity index (χ0n) is 60.6. The minimum absolute atomic E-state index is 0. The molecule has 6 N–H and O–H groups in total. The van der Waals surface area contributed by atoms with Crippen LogP contribution in [-0.4, -0.2) is 174 Å². The number of benzene rings is 3. The number of carboxylic acid groups (broad SMARTS) is 2. The Morgan fingerprint density at radius 1 is 0.432 bits per heavy atom. The van der Waals surface area contributed by atoms with Crippen molar-refractivity contribution in [2.75, 3.05) is 85.1 Å². The average Bonchev–Trinajstić information content (AvgIpc) is 1.63. The summed E-state index contributed by atoms with van der Waals surface area (Å²) in [5.41, 5.74) is -2.23. The van der Waals surface area contributed by atoms with E-state index in [-0.39, 0.29) is 52.8 Å². The number of aliphatic carboxylic acids is 2. The number of ether oxygens (including phenoxy) is 1. The maximum Gasteiger partial charge on any atom is 0.430 e. The summed E-state index contributed by atoms with van der Waals surface area (Å²) in [5, 5.41) is 73.8. The number of piperidine rings is 9. The fraction of sp³-hybridized carbons (Fsp3) is 0.395. The third-order valence-corrected chi connectivity index (χ3v) is 28.0. The van der Waals surface area contributed by atoms with Crippen LogP contribution in [0.1, 0.15) is 85.3 Å². The predicted octanol–water partition coefficient (Wildman–Crippen LogP) is 8.34. The van der Waals surface area contributed by atoms with Crippen LogP contribution in [0.2, 0.25) is 0 Å². The molecule has 0 saturated carbocycles. The Bertz CT molecular complexity index is 4080. The third kappa shape index (κ3) is 21.3. The van der Waals surface area contributed by atoms with E-state index in [0.29, 0.717) is 53.6 Å². The van der Waals surface area contributed by atoms with Gasteiger partial charge < -0.3 is 86.2 Å². The number of hydrogen-bond acceptors (Lipinski definition) is 17. The highest BCUT2D eigenvalue weighted by Gasteiger charge is 2.53. The zero-order chi connectivity index (χ0) is 78.2. The molecular formula is C81H89BrF6N6O11S6. The molecule has 30 heteroatoms. The van der Waals surface area contributed by atoms with Gasteiger partial charge in [-0.25, -0.2) is 0 Å². The number of amides is 3. The highest BCUT2D eigenvalue weighted by Crippen LogP contribution is 2.43. The Hall–Kier alpha value is -7.43. The van der Waals surface area contributed by atoms with Crippen molar-refractivity contribution >= 4 is 104 Å². The summed E-state index contributed by atoms with van der Waals surface area (Å²) in [5.74, 6) is -4.50. The van der Waals surface area contributed by atoms with Gasteiger partial charge in [-0.3, -0.25) is 14.4 Å². The quantitative estimate of drug-likeness (QED) is 0.0263. The molecular weight excluding hydrogens is 1620 g/mol. The third-order valence-electron chi connectivity index (χ3n) is 22.1. The first-order valence-electron chi connectivity index (χ1n) is 36.5. The highest BCUT2D eigenvalue weighted by molar-refractivity contribution is 7.13. The lowest BCUT2D eigenvalue weighted by Gasteiger charge is -2.53. The van der Waals surface area contributed by atoms with Crippen molar-refractivity contribution in [3.05, 3.63) is 243 Å². The number of nitrogens with one attached hydrogen (secondary N) is 3. The minimum Gasteiger partial charge on any atom is -1.00 e. The molecule has 15 heterocycles. The van der Waals surface area contributed by atoms with Crippen molar-refractivity contribution in [2.24, 2.45) is 17.8 Å². The highest BCUT2D eigenvalue weighted by atomic mass is 79.9. The molecule has 18 rings (SSSR count). The SMILES string of the molecule is O=C(N[C@@H]1C[N+]2(CCCc3ccccc3)CCC1CC2)C(O)(c1cccs1)c1cccs1.O=C(N[C@H]1C[N+]2(C/C=C/c3ccccc3)CCC1CC2)C(O)(c1cccs1)c1cccs1.O=C(N[C@H]1C[N+]2(CCOc3ccccc3)CCC1CC2)C(O)(c1cccs1)c1cccs1.O=C([O-])C(F)(F)F.O=C([O-])C(F)(F)F.[Br-]. The number of rotatable bonds is 23. The molecule has 9 aliphatic heterocycles. The number of nitrogens with zero attached hydrogens (tertiary/aromatic N) is 3. The molecule has 0 aliphatic carbocycles. The van der Waals surface area contributed by atoms with E-state index in [1.165, 1.54) is 98.7 Å². The van der Waals surface area contributed by atoms with Crippen molar-refractivity contribution in [3.63, 3.8) is 0 Å². The summed E-state index contributed by atoms with van der Waals surface area (Å²) < 4.78 is 72.2. The fourth-order valence-electron chi connectivity index (χ4n) is 16.1. The van der Waals surface area contributed by atoms with Crippen LogP contribution in [0.5, 0.6) is 5.75 Å². The molecule has 6 aromatic heterocycles. The van der Waals surface area contributed by atoms with E-state index in [1.807, 2.05) is 141 Å². The number of carbonyl (C=O) groups excluding carboxylic acids is 5. The molecule has 9 aromatic rings. The molecule has 3 atom stereocenters. The van der Waals surface area contributed by atoms with E-state index in [1.54, 1.807) is 0 Å². The number of halogens is 7. The minimum atomic E-state index is -5.19.